The third-order valence-electron chi connectivity index (χ3n) is 1.37. The SMILES string of the molecule is N#Cc1nccn1CCCS. The van der Waals surface area contributed by atoms with E-state index in [1.165, 1.54) is 0 Å². The van der Waals surface area contributed by atoms with Gasteiger partial charge < -0.3 is 4.57 Å². The van der Waals surface area contributed by atoms with Gasteiger partial charge in [-0.25, -0.2) is 4.98 Å². The monoisotopic (exact) mass is 167 g/mol. The number of rotatable bonds is 3. The lowest BCUT2D eigenvalue weighted by atomic mass is 10.4. The van der Waals surface area contributed by atoms with E-state index in [4.69, 9.17) is 5.26 Å². The number of aromatic nitrogens is 2. The lowest BCUT2D eigenvalue weighted by Gasteiger charge is -1.99. The summed E-state index contributed by atoms with van der Waals surface area (Å²) in [6.45, 7) is 0.826. The molecule has 0 fully saturated rings. The summed E-state index contributed by atoms with van der Waals surface area (Å²) in [5.41, 5.74) is 0. The highest BCUT2D eigenvalue weighted by atomic mass is 32.1. The molecule has 0 bridgehead atoms. The van der Waals surface area contributed by atoms with Crippen LogP contribution in [0.25, 0.3) is 0 Å². The Morgan fingerprint density at radius 3 is 3.18 bits per heavy atom. The van der Waals surface area contributed by atoms with Gasteiger partial charge >= 0.3 is 0 Å². The molecule has 11 heavy (non-hydrogen) atoms. The van der Waals surface area contributed by atoms with Crippen molar-refractivity contribution >= 4 is 12.6 Å². The third kappa shape index (κ3) is 1.99. The predicted molar refractivity (Wildman–Crippen MR) is 45.4 cm³/mol. The molecule has 0 aliphatic heterocycles. The summed E-state index contributed by atoms with van der Waals surface area (Å²) in [5, 5.41) is 8.55. The van der Waals surface area contributed by atoms with Crippen LogP contribution in [0.2, 0.25) is 0 Å². The lowest BCUT2D eigenvalue weighted by molar-refractivity contribution is 0.675. The molecule has 0 saturated carbocycles. The van der Waals surface area contributed by atoms with E-state index < -0.39 is 0 Å². The molecule has 1 heterocycles. The van der Waals surface area contributed by atoms with Crippen LogP contribution in [0.15, 0.2) is 12.4 Å². The van der Waals surface area contributed by atoms with Crippen molar-refractivity contribution in [3.63, 3.8) is 0 Å². The standard InChI is InChI=1S/C7H9N3S/c8-6-7-9-2-4-10(7)3-1-5-11/h2,4,11H,1,3,5H2. The summed E-state index contributed by atoms with van der Waals surface area (Å²) in [4.78, 5) is 3.86. The molecular weight excluding hydrogens is 158 g/mol. The number of thiol groups is 1. The van der Waals surface area contributed by atoms with E-state index in [0.29, 0.717) is 5.82 Å². The van der Waals surface area contributed by atoms with Crippen molar-refractivity contribution in [1.29, 1.82) is 5.26 Å². The Kier molecular flexibility index (Phi) is 2.99. The zero-order valence-electron chi connectivity index (χ0n) is 6.06. The van der Waals surface area contributed by atoms with Crippen molar-refractivity contribution < 1.29 is 0 Å². The van der Waals surface area contributed by atoms with Crippen LogP contribution in [-0.4, -0.2) is 15.3 Å². The van der Waals surface area contributed by atoms with E-state index in [1.807, 2.05) is 16.8 Å². The van der Waals surface area contributed by atoms with E-state index in [1.54, 1.807) is 6.20 Å². The van der Waals surface area contributed by atoms with E-state index >= 15 is 0 Å². The molecule has 0 N–H and O–H groups in total. The average molecular weight is 167 g/mol. The maximum Gasteiger partial charge on any atom is 0.212 e. The number of nitriles is 1. The Labute approximate surface area is 71.1 Å². The van der Waals surface area contributed by atoms with Crippen LogP contribution in [0, 0.1) is 11.3 Å². The molecule has 0 aromatic carbocycles. The van der Waals surface area contributed by atoms with E-state index in [2.05, 4.69) is 17.6 Å². The third-order valence-corrected chi connectivity index (χ3v) is 1.69. The number of aryl methyl sites for hydroxylation is 1. The minimum atomic E-state index is 0.479. The highest BCUT2D eigenvalue weighted by molar-refractivity contribution is 7.80. The first-order valence-corrected chi connectivity index (χ1v) is 4.04. The van der Waals surface area contributed by atoms with Gasteiger partial charge in [0.05, 0.1) is 0 Å². The molecule has 58 valence electrons. The zero-order chi connectivity index (χ0) is 8.10. The molecule has 1 aromatic heterocycles. The summed E-state index contributed by atoms with van der Waals surface area (Å²) >= 11 is 4.08. The van der Waals surface area contributed by atoms with Crippen molar-refractivity contribution in [3.8, 4) is 6.07 Å². The summed E-state index contributed by atoms with van der Waals surface area (Å²) < 4.78 is 1.83. The molecule has 4 heteroatoms. The highest BCUT2D eigenvalue weighted by Gasteiger charge is 1.98. The van der Waals surface area contributed by atoms with Crippen LogP contribution >= 0.6 is 12.6 Å². The molecule has 3 nitrogen and oxygen atoms in total. The molecule has 0 aliphatic rings. The molecule has 0 saturated heterocycles. The van der Waals surface area contributed by atoms with Crippen LogP contribution in [-0.2, 0) is 6.54 Å². The van der Waals surface area contributed by atoms with Crippen LogP contribution in [0.4, 0.5) is 0 Å². The minimum Gasteiger partial charge on any atom is -0.323 e. The Morgan fingerprint density at radius 2 is 2.55 bits per heavy atom. The van der Waals surface area contributed by atoms with Gasteiger partial charge in [-0.05, 0) is 12.2 Å². The summed E-state index contributed by atoms with van der Waals surface area (Å²) in [7, 11) is 0. The average Bonchev–Trinajstić information content (AvgIpc) is 2.47. The van der Waals surface area contributed by atoms with Crippen molar-refractivity contribution in [2.75, 3.05) is 5.75 Å². The van der Waals surface area contributed by atoms with Gasteiger partial charge in [0.2, 0.25) is 5.82 Å². The molecule has 0 aliphatic carbocycles. The van der Waals surface area contributed by atoms with E-state index in [0.717, 1.165) is 18.7 Å². The largest absolute Gasteiger partial charge is 0.323 e. The van der Waals surface area contributed by atoms with E-state index in [9.17, 15) is 0 Å². The van der Waals surface area contributed by atoms with Crippen molar-refractivity contribution in [2.24, 2.45) is 0 Å². The Morgan fingerprint density at radius 1 is 1.73 bits per heavy atom. The van der Waals surface area contributed by atoms with Crippen molar-refractivity contribution in [1.82, 2.24) is 9.55 Å². The van der Waals surface area contributed by atoms with Gasteiger partial charge in [-0.3, -0.25) is 0 Å². The van der Waals surface area contributed by atoms with Crippen LogP contribution in [0.3, 0.4) is 0 Å². The second-order valence-electron chi connectivity index (χ2n) is 2.13. The van der Waals surface area contributed by atoms with Gasteiger partial charge in [-0.15, -0.1) is 0 Å². The predicted octanol–water partition coefficient (Wildman–Crippen LogP) is 1.07. The van der Waals surface area contributed by atoms with Crippen molar-refractivity contribution in [3.05, 3.63) is 18.2 Å². The molecule has 0 spiro atoms. The van der Waals surface area contributed by atoms with Crippen LogP contribution < -0.4 is 0 Å². The lowest BCUT2D eigenvalue weighted by Crippen LogP contribution is -2.00. The van der Waals surface area contributed by atoms with Gasteiger partial charge in [0, 0.05) is 18.9 Å². The van der Waals surface area contributed by atoms with Crippen LogP contribution in [0.1, 0.15) is 12.2 Å². The topological polar surface area (TPSA) is 41.6 Å². The van der Waals surface area contributed by atoms with E-state index in [-0.39, 0.29) is 0 Å². The van der Waals surface area contributed by atoms with Crippen LogP contribution in [0.5, 0.6) is 0 Å². The van der Waals surface area contributed by atoms with Gasteiger partial charge in [0.25, 0.3) is 0 Å². The summed E-state index contributed by atoms with van der Waals surface area (Å²) in [6.07, 6.45) is 4.41. The second kappa shape index (κ2) is 4.04. The number of imidazole rings is 1. The summed E-state index contributed by atoms with van der Waals surface area (Å²) in [5.74, 6) is 1.31. The molecule has 0 atom stereocenters. The quantitative estimate of drug-likeness (QED) is 0.684. The van der Waals surface area contributed by atoms with Gasteiger partial charge in [0.1, 0.15) is 6.07 Å². The Balaban J connectivity index is 2.63. The molecule has 0 amide bonds. The van der Waals surface area contributed by atoms with Gasteiger partial charge in [-0.1, -0.05) is 0 Å². The number of nitrogens with zero attached hydrogens (tertiary/aromatic N) is 3. The maximum absolute atomic E-state index is 8.55. The second-order valence-corrected chi connectivity index (χ2v) is 2.58. The normalized spacial score (nSPS) is 9.45. The number of hydrogen-bond acceptors (Lipinski definition) is 3. The molecule has 0 radical (unpaired) electrons. The number of hydrogen-bond donors (Lipinski definition) is 1. The maximum atomic E-state index is 8.55. The van der Waals surface area contributed by atoms with Crippen molar-refractivity contribution in [2.45, 2.75) is 13.0 Å². The summed E-state index contributed by atoms with van der Waals surface area (Å²) in [6, 6.07) is 2.01. The first kappa shape index (κ1) is 8.15. The first-order valence-electron chi connectivity index (χ1n) is 3.40. The van der Waals surface area contributed by atoms with Gasteiger partial charge in [0.15, 0.2) is 0 Å². The fourth-order valence-electron chi connectivity index (χ4n) is 0.844. The fourth-order valence-corrected chi connectivity index (χ4v) is 0.985. The fraction of sp³-hybridized carbons (Fsp3) is 0.429. The Bertz CT molecular complexity index is 261. The minimum absolute atomic E-state index is 0.479. The molecule has 0 unspecified atom stereocenters. The first-order chi connectivity index (χ1) is 5.38. The Hall–Kier alpha value is -0.950. The molecule has 1 aromatic rings. The molecular formula is C7H9N3S. The highest BCUT2D eigenvalue weighted by Crippen LogP contribution is 1.97. The molecule has 1 rings (SSSR count). The smallest absolute Gasteiger partial charge is 0.212 e. The zero-order valence-corrected chi connectivity index (χ0v) is 6.96. The van der Waals surface area contributed by atoms with Gasteiger partial charge in [-0.2, -0.15) is 17.9 Å².